The number of piperazine rings is 1. The van der Waals surface area contributed by atoms with Gasteiger partial charge in [0.1, 0.15) is 5.82 Å². The smallest absolute Gasteiger partial charge is 0.225 e. The van der Waals surface area contributed by atoms with Gasteiger partial charge in [0.2, 0.25) is 5.95 Å². The van der Waals surface area contributed by atoms with Gasteiger partial charge in [0.15, 0.2) is 0 Å². The van der Waals surface area contributed by atoms with Gasteiger partial charge >= 0.3 is 0 Å². The monoisotopic (exact) mass is 381 g/mol. The minimum atomic E-state index is 0.806. The van der Waals surface area contributed by atoms with E-state index in [-0.39, 0.29) is 0 Å². The highest BCUT2D eigenvalue weighted by molar-refractivity contribution is 5.94. The Bertz CT molecular complexity index is 1120. The first-order valence-corrected chi connectivity index (χ1v) is 10.0. The fourth-order valence-corrected chi connectivity index (χ4v) is 3.87. The Morgan fingerprint density at radius 1 is 0.724 bits per heavy atom. The van der Waals surface area contributed by atoms with E-state index in [0.29, 0.717) is 0 Å². The Kier molecular flexibility index (Phi) is 4.56. The number of hydrogen-bond donors (Lipinski definition) is 0. The zero-order valence-electron chi connectivity index (χ0n) is 16.5. The fourth-order valence-electron chi connectivity index (χ4n) is 3.87. The van der Waals surface area contributed by atoms with Crippen LogP contribution in [0.2, 0.25) is 0 Å². The molecule has 2 aromatic carbocycles. The predicted molar refractivity (Wildman–Crippen MR) is 118 cm³/mol. The number of para-hydroxylation sites is 1. The first kappa shape index (κ1) is 17.6. The Morgan fingerprint density at radius 2 is 1.45 bits per heavy atom. The van der Waals surface area contributed by atoms with Gasteiger partial charge in [-0.15, -0.1) is 0 Å². The van der Waals surface area contributed by atoms with Crippen molar-refractivity contribution in [3.05, 3.63) is 78.6 Å². The summed E-state index contributed by atoms with van der Waals surface area (Å²) >= 11 is 0. The maximum absolute atomic E-state index is 5.07. The molecule has 29 heavy (non-hydrogen) atoms. The molecule has 0 radical (unpaired) electrons. The maximum atomic E-state index is 5.07. The van der Waals surface area contributed by atoms with Gasteiger partial charge in [-0.25, -0.2) is 15.0 Å². The van der Waals surface area contributed by atoms with Crippen LogP contribution in [-0.4, -0.2) is 41.1 Å². The Hall–Kier alpha value is -3.47. The van der Waals surface area contributed by atoms with Gasteiger partial charge in [-0.05, 0) is 30.7 Å². The van der Waals surface area contributed by atoms with Crippen molar-refractivity contribution in [2.75, 3.05) is 36.0 Å². The van der Waals surface area contributed by atoms with Crippen LogP contribution < -0.4 is 9.80 Å². The van der Waals surface area contributed by atoms with Crippen molar-refractivity contribution >= 4 is 22.7 Å². The molecular weight excluding hydrogens is 358 g/mol. The number of rotatable bonds is 3. The lowest BCUT2D eigenvalue weighted by Crippen LogP contribution is -2.47. The molecule has 1 fully saturated rings. The van der Waals surface area contributed by atoms with Crippen LogP contribution in [0.1, 0.15) is 5.56 Å². The second-order valence-electron chi connectivity index (χ2n) is 7.44. The largest absolute Gasteiger partial charge is 0.353 e. The number of fused-ring (bicyclic) bond motifs is 1. The molecule has 0 N–H and O–H groups in total. The lowest BCUT2D eigenvalue weighted by atomic mass is 10.0. The van der Waals surface area contributed by atoms with Gasteiger partial charge in [0, 0.05) is 49.5 Å². The van der Waals surface area contributed by atoms with E-state index in [0.717, 1.165) is 43.5 Å². The lowest BCUT2D eigenvalue weighted by molar-refractivity contribution is 0.635. The Balaban J connectivity index is 1.43. The van der Waals surface area contributed by atoms with Crippen LogP contribution >= 0.6 is 0 Å². The van der Waals surface area contributed by atoms with Crippen LogP contribution in [0.15, 0.2) is 73.1 Å². The summed E-state index contributed by atoms with van der Waals surface area (Å²) in [5.41, 5.74) is 4.71. The van der Waals surface area contributed by atoms with Gasteiger partial charge in [-0.1, -0.05) is 48.0 Å². The molecule has 0 saturated carbocycles. The highest BCUT2D eigenvalue weighted by atomic mass is 15.3. The van der Waals surface area contributed by atoms with Crippen LogP contribution in [0.25, 0.3) is 22.0 Å². The minimum Gasteiger partial charge on any atom is -0.353 e. The highest BCUT2D eigenvalue weighted by Gasteiger charge is 2.20. The second-order valence-corrected chi connectivity index (χ2v) is 7.44. The standard InChI is InChI=1S/C24H23N5/c1-18-6-8-19(9-7-18)21-5-2-4-20-10-11-22(27-23(20)21)28-14-16-29(17-15-28)24-25-12-3-13-26-24/h2-13H,14-17H2,1H3. The second kappa shape index (κ2) is 7.51. The summed E-state index contributed by atoms with van der Waals surface area (Å²) in [6, 6.07) is 21.2. The molecule has 4 aromatic rings. The molecule has 1 saturated heterocycles. The van der Waals surface area contributed by atoms with E-state index in [9.17, 15) is 0 Å². The number of anilines is 2. The third-order valence-corrected chi connectivity index (χ3v) is 5.51. The molecule has 144 valence electrons. The van der Waals surface area contributed by atoms with Gasteiger partial charge in [-0.2, -0.15) is 0 Å². The molecule has 5 nitrogen and oxygen atoms in total. The topological polar surface area (TPSA) is 45.2 Å². The zero-order valence-corrected chi connectivity index (χ0v) is 16.5. The molecule has 3 heterocycles. The summed E-state index contributed by atoms with van der Waals surface area (Å²) in [4.78, 5) is 18.4. The molecule has 1 aliphatic rings. The Morgan fingerprint density at radius 3 is 2.21 bits per heavy atom. The number of aryl methyl sites for hydroxylation is 1. The van der Waals surface area contributed by atoms with E-state index < -0.39 is 0 Å². The van der Waals surface area contributed by atoms with Crippen LogP contribution in [-0.2, 0) is 0 Å². The third kappa shape index (κ3) is 3.51. The van der Waals surface area contributed by atoms with E-state index in [1.807, 2.05) is 6.07 Å². The number of nitrogens with zero attached hydrogens (tertiary/aromatic N) is 5. The molecule has 1 aliphatic heterocycles. The van der Waals surface area contributed by atoms with Gasteiger partial charge in [-0.3, -0.25) is 0 Å². The summed E-state index contributed by atoms with van der Waals surface area (Å²) in [6.07, 6.45) is 3.60. The molecular formula is C24H23N5. The molecule has 2 aromatic heterocycles. The molecule has 5 rings (SSSR count). The van der Waals surface area contributed by atoms with Crippen molar-refractivity contribution in [3.8, 4) is 11.1 Å². The molecule has 0 aliphatic carbocycles. The number of hydrogen-bond acceptors (Lipinski definition) is 5. The predicted octanol–water partition coefficient (Wildman–Crippen LogP) is 4.33. The van der Waals surface area contributed by atoms with Crippen LogP contribution in [0.4, 0.5) is 11.8 Å². The van der Waals surface area contributed by atoms with E-state index in [1.165, 1.54) is 22.1 Å². The summed E-state index contributed by atoms with van der Waals surface area (Å²) < 4.78 is 0. The molecule has 0 unspecified atom stereocenters. The summed E-state index contributed by atoms with van der Waals surface area (Å²) in [5.74, 6) is 1.84. The number of pyridine rings is 1. The molecule has 0 spiro atoms. The van der Waals surface area contributed by atoms with Crippen molar-refractivity contribution in [2.45, 2.75) is 6.92 Å². The normalized spacial score (nSPS) is 14.4. The molecule has 5 heteroatoms. The summed E-state index contributed by atoms with van der Waals surface area (Å²) in [5, 5.41) is 1.17. The van der Waals surface area contributed by atoms with E-state index in [4.69, 9.17) is 4.98 Å². The van der Waals surface area contributed by atoms with E-state index in [1.54, 1.807) is 12.4 Å². The van der Waals surface area contributed by atoms with Crippen LogP contribution in [0.5, 0.6) is 0 Å². The van der Waals surface area contributed by atoms with Crippen molar-refractivity contribution in [2.24, 2.45) is 0 Å². The Labute approximate surface area is 170 Å². The average Bonchev–Trinajstić information content (AvgIpc) is 2.80. The van der Waals surface area contributed by atoms with Crippen LogP contribution in [0.3, 0.4) is 0 Å². The van der Waals surface area contributed by atoms with Crippen molar-refractivity contribution in [1.82, 2.24) is 15.0 Å². The molecule has 0 atom stereocenters. The molecule has 0 bridgehead atoms. The van der Waals surface area contributed by atoms with Gasteiger partial charge < -0.3 is 9.80 Å². The fraction of sp³-hybridized carbons (Fsp3) is 0.208. The van der Waals surface area contributed by atoms with Crippen molar-refractivity contribution in [3.63, 3.8) is 0 Å². The minimum absolute atomic E-state index is 0.806. The quantitative estimate of drug-likeness (QED) is 0.529. The summed E-state index contributed by atoms with van der Waals surface area (Å²) in [6.45, 7) is 5.71. The van der Waals surface area contributed by atoms with Gasteiger partial charge in [0.25, 0.3) is 0 Å². The SMILES string of the molecule is Cc1ccc(-c2cccc3ccc(N4CCN(c5ncccn5)CC4)nc23)cc1. The first-order valence-electron chi connectivity index (χ1n) is 10.0. The van der Waals surface area contributed by atoms with Crippen molar-refractivity contribution in [1.29, 1.82) is 0 Å². The highest BCUT2D eigenvalue weighted by Crippen LogP contribution is 2.29. The first-order chi connectivity index (χ1) is 14.3. The third-order valence-electron chi connectivity index (χ3n) is 5.51. The number of aromatic nitrogens is 3. The van der Waals surface area contributed by atoms with Gasteiger partial charge in [0.05, 0.1) is 5.52 Å². The van der Waals surface area contributed by atoms with E-state index in [2.05, 4.69) is 81.3 Å². The van der Waals surface area contributed by atoms with Crippen molar-refractivity contribution < 1.29 is 0 Å². The zero-order chi connectivity index (χ0) is 19.6. The average molecular weight is 381 g/mol. The van der Waals surface area contributed by atoms with Crippen LogP contribution in [0, 0.1) is 6.92 Å². The summed E-state index contributed by atoms with van der Waals surface area (Å²) in [7, 11) is 0. The maximum Gasteiger partial charge on any atom is 0.225 e. The lowest BCUT2D eigenvalue weighted by Gasteiger charge is -2.35. The number of benzene rings is 2. The van der Waals surface area contributed by atoms with E-state index >= 15 is 0 Å². The molecule has 0 amide bonds.